The summed E-state index contributed by atoms with van der Waals surface area (Å²) in [5, 5.41) is 11.3. The molecule has 1 N–H and O–H groups in total. The molecule has 1 fully saturated rings. The Hall–Kier alpha value is -1.11. The van der Waals surface area contributed by atoms with Gasteiger partial charge in [-0.3, -0.25) is 0 Å². The van der Waals surface area contributed by atoms with E-state index < -0.39 is 0 Å². The number of rotatable bonds is 3. The number of ether oxygens (including phenoxy) is 1. The Balaban J connectivity index is 0.00000180. The maximum Gasteiger partial charge on any atom is 0.339 e. The zero-order valence-electron chi connectivity index (χ0n) is 11.5. The number of piperidine rings is 1. The Bertz CT molecular complexity index is 428. The highest BCUT2D eigenvalue weighted by Gasteiger charge is 2.20. The van der Waals surface area contributed by atoms with Gasteiger partial charge in [-0.15, -0.1) is 29.9 Å². The summed E-state index contributed by atoms with van der Waals surface area (Å²) in [4.78, 5) is 13.5. The van der Waals surface area contributed by atoms with Crippen molar-refractivity contribution in [1.82, 2.24) is 15.5 Å². The topological polar surface area (TPSA) is 67.3 Å². The molecule has 0 amide bonds. The summed E-state index contributed by atoms with van der Waals surface area (Å²) in [6.45, 7) is 2.03. The Morgan fingerprint density at radius 2 is 2.05 bits per heavy atom. The van der Waals surface area contributed by atoms with Gasteiger partial charge in [-0.05, 0) is 32.0 Å². The number of nitrogens with zero attached hydrogens (tertiary/aromatic N) is 3. The molecule has 2 rings (SSSR count). The number of hydrogen-bond donors (Lipinski definition) is 1. The molecule has 114 valence electrons. The van der Waals surface area contributed by atoms with Crippen molar-refractivity contribution in [2.45, 2.75) is 18.9 Å². The number of methoxy groups -OCH3 is 1. The number of aromatic nitrogens is 2. The summed E-state index contributed by atoms with van der Waals surface area (Å²) in [5.74, 6) is 0.328. The second kappa shape index (κ2) is 8.94. The molecule has 1 aliphatic rings. The monoisotopic (exact) mass is 322 g/mol. The van der Waals surface area contributed by atoms with Gasteiger partial charge in [0.1, 0.15) is 0 Å². The third kappa shape index (κ3) is 4.47. The number of carbonyl (C=O) groups excluding carboxylic acids is 1. The van der Waals surface area contributed by atoms with E-state index in [2.05, 4.69) is 25.2 Å². The lowest BCUT2D eigenvalue weighted by Gasteiger charge is -2.32. The Morgan fingerprint density at radius 3 is 2.65 bits per heavy atom. The van der Waals surface area contributed by atoms with Gasteiger partial charge in [-0.2, -0.15) is 5.10 Å². The molecule has 0 saturated carbocycles. The fourth-order valence-electron chi connectivity index (χ4n) is 2.14. The van der Waals surface area contributed by atoms with Crippen molar-refractivity contribution in [1.29, 1.82) is 0 Å². The Kier molecular flexibility index (Phi) is 8.45. The predicted molar refractivity (Wildman–Crippen MR) is 82.2 cm³/mol. The van der Waals surface area contributed by atoms with E-state index in [0.717, 1.165) is 25.9 Å². The van der Waals surface area contributed by atoms with Crippen LogP contribution in [0.15, 0.2) is 12.3 Å². The maximum atomic E-state index is 11.4. The van der Waals surface area contributed by atoms with Gasteiger partial charge in [0.15, 0.2) is 5.82 Å². The van der Waals surface area contributed by atoms with Gasteiger partial charge < -0.3 is 15.0 Å². The average Bonchev–Trinajstić information content (AvgIpc) is 2.46. The predicted octanol–water partition coefficient (Wildman–Crippen LogP) is 1.29. The van der Waals surface area contributed by atoms with Crippen LogP contribution in [0.1, 0.15) is 23.2 Å². The molecule has 0 aromatic carbocycles. The zero-order valence-corrected chi connectivity index (χ0v) is 13.2. The largest absolute Gasteiger partial charge is 0.465 e. The smallest absolute Gasteiger partial charge is 0.339 e. The first-order valence-corrected chi connectivity index (χ1v) is 6.07. The molecular weight excluding hydrogens is 303 g/mol. The summed E-state index contributed by atoms with van der Waals surface area (Å²) >= 11 is 0. The molecule has 0 spiro atoms. The van der Waals surface area contributed by atoms with Crippen LogP contribution in [-0.4, -0.2) is 49.5 Å². The molecule has 0 radical (unpaired) electrons. The lowest BCUT2D eigenvalue weighted by molar-refractivity contribution is 0.0600. The molecular formula is C12H20Cl2N4O2. The summed E-state index contributed by atoms with van der Waals surface area (Å²) in [6.07, 6.45) is 3.56. The Morgan fingerprint density at radius 1 is 1.40 bits per heavy atom. The SMILES string of the molecule is COC(=O)c1cnnc(N(C)C2CCNCC2)c1.Cl.Cl. The standard InChI is InChI=1S/C12H18N4O2.2ClH/c1-16(10-3-5-13-6-4-10)11-7-9(8-14-15-11)12(17)18-2;;/h7-8,10,13H,3-6H2,1-2H3;2*1H. The normalized spacial score (nSPS) is 14.7. The summed E-state index contributed by atoms with van der Waals surface area (Å²) in [7, 11) is 3.35. The average molecular weight is 323 g/mol. The minimum absolute atomic E-state index is 0. The van der Waals surface area contributed by atoms with Crippen LogP contribution in [0.3, 0.4) is 0 Å². The summed E-state index contributed by atoms with van der Waals surface area (Å²) < 4.78 is 4.68. The fraction of sp³-hybridized carbons (Fsp3) is 0.583. The molecule has 1 aromatic heterocycles. The Labute approximate surface area is 131 Å². The number of halogens is 2. The number of nitrogens with one attached hydrogen (secondary N) is 1. The molecule has 20 heavy (non-hydrogen) atoms. The molecule has 1 saturated heterocycles. The van der Waals surface area contributed by atoms with Gasteiger partial charge in [-0.25, -0.2) is 4.79 Å². The van der Waals surface area contributed by atoms with E-state index >= 15 is 0 Å². The van der Waals surface area contributed by atoms with Crippen molar-refractivity contribution in [2.75, 3.05) is 32.1 Å². The van der Waals surface area contributed by atoms with Gasteiger partial charge in [-0.1, -0.05) is 0 Å². The quantitative estimate of drug-likeness (QED) is 0.846. The number of anilines is 1. The first kappa shape index (κ1) is 18.9. The van der Waals surface area contributed by atoms with Crippen LogP contribution in [0.5, 0.6) is 0 Å². The van der Waals surface area contributed by atoms with Crippen molar-refractivity contribution in [3.63, 3.8) is 0 Å². The zero-order chi connectivity index (χ0) is 13.0. The summed E-state index contributed by atoms with van der Waals surface area (Å²) in [6, 6.07) is 2.16. The van der Waals surface area contributed by atoms with E-state index in [-0.39, 0.29) is 30.8 Å². The van der Waals surface area contributed by atoms with Gasteiger partial charge >= 0.3 is 5.97 Å². The number of carbonyl (C=O) groups is 1. The molecule has 8 heteroatoms. The fourth-order valence-corrected chi connectivity index (χ4v) is 2.14. The van der Waals surface area contributed by atoms with Gasteiger partial charge in [0.05, 0.1) is 18.9 Å². The van der Waals surface area contributed by atoms with E-state index in [9.17, 15) is 4.79 Å². The second-order valence-electron chi connectivity index (χ2n) is 4.39. The molecule has 1 aromatic rings. The van der Waals surface area contributed by atoms with E-state index in [4.69, 9.17) is 0 Å². The van der Waals surface area contributed by atoms with E-state index in [1.807, 2.05) is 7.05 Å². The highest BCUT2D eigenvalue weighted by molar-refractivity contribution is 5.89. The van der Waals surface area contributed by atoms with E-state index in [0.29, 0.717) is 17.4 Å². The minimum Gasteiger partial charge on any atom is -0.465 e. The first-order chi connectivity index (χ1) is 8.72. The summed E-state index contributed by atoms with van der Waals surface area (Å²) in [5.41, 5.74) is 0.434. The van der Waals surface area contributed by atoms with Crippen molar-refractivity contribution in [2.24, 2.45) is 0 Å². The minimum atomic E-state index is -0.384. The highest BCUT2D eigenvalue weighted by Crippen LogP contribution is 2.18. The lowest BCUT2D eigenvalue weighted by atomic mass is 10.1. The van der Waals surface area contributed by atoms with Crippen LogP contribution in [-0.2, 0) is 4.74 Å². The molecule has 1 aliphatic heterocycles. The number of esters is 1. The molecule has 0 unspecified atom stereocenters. The molecule has 0 aliphatic carbocycles. The van der Waals surface area contributed by atoms with Crippen LogP contribution in [0.4, 0.5) is 5.82 Å². The van der Waals surface area contributed by atoms with Crippen molar-refractivity contribution < 1.29 is 9.53 Å². The van der Waals surface area contributed by atoms with Crippen LogP contribution < -0.4 is 10.2 Å². The van der Waals surface area contributed by atoms with Crippen LogP contribution in [0, 0.1) is 0 Å². The van der Waals surface area contributed by atoms with Crippen molar-refractivity contribution >= 4 is 36.6 Å². The van der Waals surface area contributed by atoms with Gasteiger partial charge in [0.25, 0.3) is 0 Å². The third-order valence-electron chi connectivity index (χ3n) is 3.28. The first-order valence-electron chi connectivity index (χ1n) is 6.07. The molecule has 0 bridgehead atoms. The van der Waals surface area contributed by atoms with E-state index in [1.165, 1.54) is 13.3 Å². The van der Waals surface area contributed by atoms with Crippen LogP contribution >= 0.6 is 24.8 Å². The second-order valence-corrected chi connectivity index (χ2v) is 4.39. The molecule has 6 nitrogen and oxygen atoms in total. The maximum absolute atomic E-state index is 11.4. The van der Waals surface area contributed by atoms with Gasteiger partial charge in [0.2, 0.25) is 0 Å². The van der Waals surface area contributed by atoms with Crippen LogP contribution in [0.2, 0.25) is 0 Å². The van der Waals surface area contributed by atoms with Crippen molar-refractivity contribution in [3.05, 3.63) is 17.8 Å². The van der Waals surface area contributed by atoms with Gasteiger partial charge in [0, 0.05) is 13.1 Å². The lowest BCUT2D eigenvalue weighted by Crippen LogP contribution is -2.41. The van der Waals surface area contributed by atoms with Crippen LogP contribution in [0.25, 0.3) is 0 Å². The molecule has 0 atom stereocenters. The van der Waals surface area contributed by atoms with E-state index in [1.54, 1.807) is 6.07 Å². The highest BCUT2D eigenvalue weighted by atomic mass is 35.5. The van der Waals surface area contributed by atoms with Crippen molar-refractivity contribution in [3.8, 4) is 0 Å². The number of hydrogen-bond acceptors (Lipinski definition) is 6. The third-order valence-corrected chi connectivity index (χ3v) is 3.28. The molecule has 2 heterocycles.